The van der Waals surface area contributed by atoms with Crippen molar-refractivity contribution in [2.24, 2.45) is 0 Å². The third-order valence-electron chi connectivity index (χ3n) is 4.28. The van der Waals surface area contributed by atoms with E-state index in [1.54, 1.807) is 11.0 Å². The molecule has 1 aliphatic rings. The molecule has 0 radical (unpaired) electrons. The molecule has 1 N–H and O–H groups in total. The molecule has 2 heterocycles. The maximum atomic E-state index is 14.9. The van der Waals surface area contributed by atoms with Crippen molar-refractivity contribution in [1.29, 1.82) is 0 Å². The quantitative estimate of drug-likeness (QED) is 0.925. The van der Waals surface area contributed by atoms with Crippen LogP contribution in [0.3, 0.4) is 0 Å². The minimum Gasteiger partial charge on any atom is -0.349 e. The Bertz CT molecular complexity index is 695. The Morgan fingerprint density at radius 2 is 1.83 bits per heavy atom. The van der Waals surface area contributed by atoms with E-state index in [1.807, 2.05) is 41.8 Å². The molecule has 1 aliphatic heterocycles. The molecule has 24 heavy (non-hydrogen) atoms. The van der Waals surface area contributed by atoms with Gasteiger partial charge < -0.3 is 10.2 Å². The highest BCUT2D eigenvalue weighted by Crippen LogP contribution is 2.28. The van der Waals surface area contributed by atoms with Gasteiger partial charge in [0.25, 0.3) is 11.8 Å². The summed E-state index contributed by atoms with van der Waals surface area (Å²) in [5.74, 6) is -0.675. The zero-order chi connectivity index (χ0) is 17.0. The molecule has 0 aliphatic carbocycles. The summed E-state index contributed by atoms with van der Waals surface area (Å²) in [5.41, 5.74) is -0.971. The van der Waals surface area contributed by atoms with Gasteiger partial charge in [-0.2, -0.15) is 0 Å². The number of halogens is 1. The van der Waals surface area contributed by atoms with Gasteiger partial charge in [-0.1, -0.05) is 36.4 Å². The lowest BCUT2D eigenvalue weighted by Crippen LogP contribution is -2.52. The van der Waals surface area contributed by atoms with Gasteiger partial charge in [0, 0.05) is 32.5 Å². The first-order valence-electron chi connectivity index (χ1n) is 7.92. The maximum absolute atomic E-state index is 14.9. The molecule has 1 fully saturated rings. The Hall–Kier alpha value is -2.21. The first kappa shape index (κ1) is 16.6. The number of likely N-dealkylation sites (tertiary alicyclic amines) is 1. The fourth-order valence-corrected chi connectivity index (χ4v) is 3.47. The van der Waals surface area contributed by atoms with E-state index < -0.39 is 11.6 Å². The smallest absolute Gasteiger partial charge is 0.263 e. The van der Waals surface area contributed by atoms with Gasteiger partial charge in [0.1, 0.15) is 0 Å². The summed E-state index contributed by atoms with van der Waals surface area (Å²) in [6.45, 7) is 0.821. The molecule has 1 saturated heterocycles. The first-order valence-corrected chi connectivity index (χ1v) is 8.80. The lowest BCUT2D eigenvalue weighted by Gasteiger charge is -2.35. The standard InChI is InChI=1S/C18H19FN2O2S/c19-18(17(23)20-13-14-5-2-1-3-6-14)8-10-21(11-9-18)16(22)15-7-4-12-24-15/h1-7,12H,8-11,13H2,(H,20,23). The topological polar surface area (TPSA) is 49.4 Å². The van der Waals surface area contributed by atoms with E-state index in [0.717, 1.165) is 5.56 Å². The van der Waals surface area contributed by atoms with Crippen LogP contribution in [0, 0.1) is 0 Å². The molecule has 2 amide bonds. The number of carbonyl (C=O) groups is 2. The van der Waals surface area contributed by atoms with Crippen LogP contribution in [0.25, 0.3) is 0 Å². The van der Waals surface area contributed by atoms with Crippen molar-refractivity contribution in [2.75, 3.05) is 13.1 Å². The molecule has 1 aromatic heterocycles. The van der Waals surface area contributed by atoms with Crippen LogP contribution in [0.5, 0.6) is 0 Å². The predicted molar refractivity (Wildman–Crippen MR) is 91.6 cm³/mol. The van der Waals surface area contributed by atoms with E-state index in [4.69, 9.17) is 0 Å². The second-order valence-electron chi connectivity index (χ2n) is 5.90. The Labute approximate surface area is 144 Å². The summed E-state index contributed by atoms with van der Waals surface area (Å²) >= 11 is 1.37. The molecule has 126 valence electrons. The van der Waals surface area contributed by atoms with Gasteiger partial charge in [-0.3, -0.25) is 9.59 Å². The normalized spacial score (nSPS) is 16.6. The van der Waals surface area contributed by atoms with Crippen LogP contribution in [0.4, 0.5) is 4.39 Å². The largest absolute Gasteiger partial charge is 0.349 e. The number of rotatable bonds is 4. The van der Waals surface area contributed by atoms with Crippen LogP contribution in [0.15, 0.2) is 47.8 Å². The van der Waals surface area contributed by atoms with Crippen molar-refractivity contribution in [3.05, 3.63) is 58.3 Å². The third kappa shape index (κ3) is 3.64. The first-order chi connectivity index (χ1) is 11.6. The molecule has 0 bridgehead atoms. The third-order valence-corrected chi connectivity index (χ3v) is 5.14. The van der Waals surface area contributed by atoms with Gasteiger partial charge in [-0.25, -0.2) is 4.39 Å². The summed E-state index contributed by atoms with van der Waals surface area (Å²) in [6.07, 6.45) is 0.0650. The number of hydrogen-bond acceptors (Lipinski definition) is 3. The van der Waals surface area contributed by atoms with Gasteiger partial charge >= 0.3 is 0 Å². The van der Waals surface area contributed by atoms with E-state index >= 15 is 0 Å². The number of benzene rings is 1. The van der Waals surface area contributed by atoms with Gasteiger partial charge in [0.2, 0.25) is 0 Å². The van der Waals surface area contributed by atoms with E-state index in [-0.39, 0.29) is 31.8 Å². The number of nitrogens with one attached hydrogen (secondary N) is 1. The van der Waals surface area contributed by atoms with Crippen LogP contribution in [-0.2, 0) is 11.3 Å². The van der Waals surface area contributed by atoms with Crippen LogP contribution >= 0.6 is 11.3 Å². The number of amides is 2. The number of thiophene rings is 1. The average Bonchev–Trinajstić information content (AvgIpc) is 3.15. The van der Waals surface area contributed by atoms with Crippen LogP contribution in [0.2, 0.25) is 0 Å². The van der Waals surface area contributed by atoms with Crippen molar-refractivity contribution in [2.45, 2.75) is 25.1 Å². The van der Waals surface area contributed by atoms with E-state index in [9.17, 15) is 14.0 Å². The molecule has 0 spiro atoms. The van der Waals surface area contributed by atoms with E-state index in [1.165, 1.54) is 11.3 Å². The molecule has 0 saturated carbocycles. The maximum Gasteiger partial charge on any atom is 0.263 e. The number of nitrogens with zero attached hydrogens (tertiary/aromatic N) is 1. The minimum atomic E-state index is -1.90. The van der Waals surface area contributed by atoms with Crippen molar-refractivity contribution < 1.29 is 14.0 Å². The van der Waals surface area contributed by atoms with Crippen LogP contribution < -0.4 is 5.32 Å². The highest BCUT2D eigenvalue weighted by atomic mass is 32.1. The molecule has 2 aromatic rings. The Morgan fingerprint density at radius 3 is 2.46 bits per heavy atom. The molecular formula is C18H19FN2O2S. The molecule has 3 rings (SSSR count). The van der Waals surface area contributed by atoms with Gasteiger partial charge in [0.15, 0.2) is 5.67 Å². The van der Waals surface area contributed by atoms with E-state index in [0.29, 0.717) is 11.4 Å². The van der Waals surface area contributed by atoms with Gasteiger partial charge in [0.05, 0.1) is 4.88 Å². The van der Waals surface area contributed by atoms with Crippen LogP contribution in [-0.4, -0.2) is 35.5 Å². The highest BCUT2D eigenvalue weighted by molar-refractivity contribution is 7.12. The monoisotopic (exact) mass is 346 g/mol. The zero-order valence-electron chi connectivity index (χ0n) is 13.2. The van der Waals surface area contributed by atoms with Crippen molar-refractivity contribution >= 4 is 23.2 Å². The highest BCUT2D eigenvalue weighted by Gasteiger charge is 2.42. The molecule has 4 nitrogen and oxygen atoms in total. The molecule has 0 unspecified atom stereocenters. The fraction of sp³-hybridized carbons (Fsp3) is 0.333. The molecular weight excluding hydrogens is 327 g/mol. The lowest BCUT2D eigenvalue weighted by molar-refractivity contribution is -0.135. The number of carbonyl (C=O) groups excluding carboxylic acids is 2. The molecule has 1 aromatic carbocycles. The van der Waals surface area contributed by atoms with Gasteiger partial charge in [-0.15, -0.1) is 11.3 Å². The second-order valence-corrected chi connectivity index (χ2v) is 6.85. The van der Waals surface area contributed by atoms with Crippen molar-refractivity contribution in [1.82, 2.24) is 10.2 Å². The molecule has 0 atom stereocenters. The fourth-order valence-electron chi connectivity index (χ4n) is 2.78. The summed E-state index contributed by atoms with van der Waals surface area (Å²) in [6, 6.07) is 13.0. The SMILES string of the molecule is O=C(c1cccs1)N1CCC(F)(C(=O)NCc2ccccc2)CC1. The number of alkyl halides is 1. The number of hydrogen-bond donors (Lipinski definition) is 1. The number of piperidine rings is 1. The summed E-state index contributed by atoms with van der Waals surface area (Å²) in [4.78, 5) is 26.7. The second kappa shape index (κ2) is 7.13. The predicted octanol–water partition coefficient (Wildman–Crippen LogP) is 3.01. The summed E-state index contributed by atoms with van der Waals surface area (Å²) in [5, 5.41) is 4.51. The minimum absolute atomic E-state index is 0.0325. The molecule has 6 heteroatoms. The summed E-state index contributed by atoms with van der Waals surface area (Å²) in [7, 11) is 0. The zero-order valence-corrected chi connectivity index (χ0v) is 14.0. The lowest BCUT2D eigenvalue weighted by atomic mass is 9.92. The Morgan fingerprint density at radius 1 is 1.12 bits per heavy atom. The van der Waals surface area contributed by atoms with E-state index in [2.05, 4.69) is 5.32 Å². The Kier molecular flexibility index (Phi) is 4.94. The van der Waals surface area contributed by atoms with Gasteiger partial charge in [-0.05, 0) is 17.0 Å². The van der Waals surface area contributed by atoms with Crippen molar-refractivity contribution in [3.63, 3.8) is 0 Å². The summed E-state index contributed by atoms with van der Waals surface area (Å²) < 4.78 is 14.9. The van der Waals surface area contributed by atoms with Crippen LogP contribution in [0.1, 0.15) is 28.1 Å². The van der Waals surface area contributed by atoms with Crippen molar-refractivity contribution in [3.8, 4) is 0 Å². The average molecular weight is 346 g/mol. The Balaban J connectivity index is 1.54.